The fourth-order valence-electron chi connectivity index (χ4n) is 7.48. The normalized spacial score (nSPS) is 17.1. The highest BCUT2D eigenvalue weighted by atomic mass is 15.4. The Labute approximate surface area is 316 Å². The van der Waals surface area contributed by atoms with Gasteiger partial charge in [0.05, 0.1) is 11.4 Å². The summed E-state index contributed by atoms with van der Waals surface area (Å²) in [7, 11) is 0. The van der Waals surface area contributed by atoms with Crippen LogP contribution in [0, 0.1) is 25.7 Å². The minimum Gasteiger partial charge on any atom is -0.384 e. The number of nitrogens with zero attached hydrogens (tertiary/aromatic N) is 6. The number of piperidine rings is 2. The fourth-order valence-corrected chi connectivity index (χ4v) is 7.48. The molecule has 2 heterocycles. The Morgan fingerprint density at radius 1 is 0.623 bits per heavy atom. The van der Waals surface area contributed by atoms with E-state index in [4.69, 9.17) is 21.5 Å². The molecule has 5 N–H and O–H groups in total. The Hall–Kier alpha value is -4.86. The van der Waals surface area contributed by atoms with E-state index in [0.29, 0.717) is 23.5 Å². The van der Waals surface area contributed by atoms with Crippen molar-refractivity contribution in [1.29, 1.82) is 0 Å². The standard InChI is InChI=1S/C44H57N9/c1-33-29-39(43(45)47-23-17-35-19-25-52(26-20-35)31-37-9-5-3-6-10-37)13-15-41(33)49-51-50-42-16-14-40(30-34(42)2)44(46)48-24-18-36-21-27-53(28-22-36)32-38-11-7-4-8-12-38/h3-16,29-30,35-36H,17-28,31-32H2,1-2H3,(H2,45,47)(H2,46,48)(H,49,50). The number of anilines is 1. The van der Waals surface area contributed by atoms with E-state index in [-0.39, 0.29) is 0 Å². The maximum absolute atomic E-state index is 6.41. The van der Waals surface area contributed by atoms with Crippen LogP contribution in [-0.2, 0) is 13.1 Å². The quantitative estimate of drug-likeness (QED) is 0.0495. The zero-order valence-electron chi connectivity index (χ0n) is 31.6. The third kappa shape index (κ3) is 11.6. The molecule has 0 amide bonds. The van der Waals surface area contributed by atoms with E-state index in [1.165, 1.54) is 36.8 Å². The van der Waals surface area contributed by atoms with Crippen LogP contribution in [0.2, 0.25) is 0 Å². The molecule has 0 aliphatic carbocycles. The molecule has 0 radical (unpaired) electrons. The Morgan fingerprint density at radius 3 is 1.57 bits per heavy atom. The first kappa shape index (κ1) is 37.9. The van der Waals surface area contributed by atoms with Crippen molar-refractivity contribution in [2.75, 3.05) is 44.7 Å². The monoisotopic (exact) mass is 711 g/mol. The van der Waals surface area contributed by atoms with Gasteiger partial charge in [0.25, 0.3) is 0 Å². The van der Waals surface area contributed by atoms with Crippen molar-refractivity contribution in [3.05, 3.63) is 130 Å². The molecule has 6 rings (SSSR count). The van der Waals surface area contributed by atoms with Crippen LogP contribution in [0.4, 0.5) is 11.4 Å². The molecule has 0 saturated carbocycles. The zero-order chi connectivity index (χ0) is 36.8. The Bertz CT molecular complexity index is 1820. The van der Waals surface area contributed by atoms with E-state index in [1.54, 1.807) is 0 Å². The van der Waals surface area contributed by atoms with E-state index in [1.807, 2.05) is 44.2 Å². The van der Waals surface area contributed by atoms with Crippen LogP contribution < -0.4 is 16.9 Å². The highest BCUT2D eigenvalue weighted by Crippen LogP contribution is 2.25. The van der Waals surface area contributed by atoms with Crippen LogP contribution in [0.15, 0.2) is 117 Å². The van der Waals surface area contributed by atoms with Gasteiger partial charge in [0.2, 0.25) is 0 Å². The average Bonchev–Trinajstić information content (AvgIpc) is 3.18. The summed E-state index contributed by atoms with van der Waals surface area (Å²) in [5.74, 6) is 2.57. The number of hydrogen-bond acceptors (Lipinski definition) is 6. The molecule has 9 heteroatoms. The topological polar surface area (TPSA) is 120 Å². The van der Waals surface area contributed by atoms with Crippen LogP contribution in [0.5, 0.6) is 0 Å². The van der Waals surface area contributed by atoms with Gasteiger partial charge in [0, 0.05) is 37.3 Å². The number of rotatable bonds is 15. The average molecular weight is 712 g/mol. The number of nitrogens with one attached hydrogen (secondary N) is 1. The van der Waals surface area contributed by atoms with Crippen LogP contribution >= 0.6 is 0 Å². The predicted molar refractivity (Wildman–Crippen MR) is 220 cm³/mol. The van der Waals surface area contributed by atoms with Crippen molar-refractivity contribution in [2.24, 2.45) is 43.6 Å². The molecule has 2 aliphatic heterocycles. The van der Waals surface area contributed by atoms with Gasteiger partial charge in [-0.05, 0) is 149 Å². The number of aryl methyl sites for hydroxylation is 2. The van der Waals surface area contributed by atoms with E-state index in [0.717, 1.165) is 98.8 Å². The summed E-state index contributed by atoms with van der Waals surface area (Å²) in [5.41, 5.74) is 24.2. The summed E-state index contributed by atoms with van der Waals surface area (Å²) in [5, 5.41) is 8.73. The van der Waals surface area contributed by atoms with Crippen LogP contribution in [-0.4, -0.2) is 60.7 Å². The van der Waals surface area contributed by atoms with Crippen molar-refractivity contribution in [3.63, 3.8) is 0 Å². The van der Waals surface area contributed by atoms with Crippen LogP contribution in [0.25, 0.3) is 0 Å². The summed E-state index contributed by atoms with van der Waals surface area (Å²) in [6.45, 7) is 12.2. The lowest BCUT2D eigenvalue weighted by molar-refractivity contribution is 0.173. The fraction of sp³-hybridized carbons (Fsp3) is 0.409. The predicted octanol–water partition coefficient (Wildman–Crippen LogP) is 8.43. The number of benzene rings is 4. The second-order valence-corrected chi connectivity index (χ2v) is 14.9. The minimum absolute atomic E-state index is 0.578. The van der Waals surface area contributed by atoms with Crippen molar-refractivity contribution in [1.82, 2.24) is 9.80 Å². The first-order valence-corrected chi connectivity index (χ1v) is 19.4. The summed E-state index contributed by atoms with van der Waals surface area (Å²) in [4.78, 5) is 14.6. The molecule has 278 valence electrons. The van der Waals surface area contributed by atoms with Gasteiger partial charge in [-0.2, -0.15) is 0 Å². The van der Waals surface area contributed by atoms with Gasteiger partial charge in [-0.1, -0.05) is 65.9 Å². The van der Waals surface area contributed by atoms with Gasteiger partial charge in [-0.25, -0.2) is 0 Å². The first-order valence-electron chi connectivity index (χ1n) is 19.4. The van der Waals surface area contributed by atoms with Crippen LogP contribution in [0.3, 0.4) is 0 Å². The first-order chi connectivity index (χ1) is 25.9. The van der Waals surface area contributed by atoms with E-state index >= 15 is 0 Å². The Kier molecular flexibility index (Phi) is 13.8. The van der Waals surface area contributed by atoms with Gasteiger partial charge in [0.1, 0.15) is 11.7 Å². The Morgan fingerprint density at radius 2 is 1.09 bits per heavy atom. The SMILES string of the molecule is Cc1cc(C(N)=NCCC2CCN(Cc3ccccc3)CC2)ccc1N=NNc1ccc(C(N)=NCCC2CCN(Cc3ccccc3)CC2)cc1C. The molecule has 0 bridgehead atoms. The molecule has 2 aliphatic rings. The molecule has 53 heavy (non-hydrogen) atoms. The lowest BCUT2D eigenvalue weighted by Crippen LogP contribution is -2.33. The van der Waals surface area contributed by atoms with E-state index in [2.05, 4.69) is 92.3 Å². The summed E-state index contributed by atoms with van der Waals surface area (Å²) < 4.78 is 0. The molecule has 2 saturated heterocycles. The summed E-state index contributed by atoms with van der Waals surface area (Å²) >= 11 is 0. The van der Waals surface area contributed by atoms with Crippen molar-refractivity contribution < 1.29 is 0 Å². The molecular formula is C44H57N9. The van der Waals surface area contributed by atoms with Gasteiger partial charge in [-0.3, -0.25) is 25.2 Å². The molecule has 0 unspecified atom stereocenters. The summed E-state index contributed by atoms with van der Waals surface area (Å²) in [6, 6.07) is 33.5. The molecule has 0 aromatic heterocycles. The molecule has 4 aromatic rings. The van der Waals surface area contributed by atoms with E-state index < -0.39 is 0 Å². The summed E-state index contributed by atoms with van der Waals surface area (Å²) in [6.07, 6.45) is 7.03. The van der Waals surface area contributed by atoms with Gasteiger partial charge >= 0.3 is 0 Å². The van der Waals surface area contributed by atoms with Crippen molar-refractivity contribution in [3.8, 4) is 0 Å². The highest BCUT2D eigenvalue weighted by molar-refractivity contribution is 5.98. The Balaban J connectivity index is 0.906. The molecule has 0 atom stereocenters. The minimum atomic E-state index is 0.578. The van der Waals surface area contributed by atoms with E-state index in [9.17, 15) is 0 Å². The van der Waals surface area contributed by atoms with Crippen molar-refractivity contribution >= 4 is 23.0 Å². The highest BCUT2D eigenvalue weighted by Gasteiger charge is 2.20. The zero-order valence-corrected chi connectivity index (χ0v) is 31.6. The lowest BCUT2D eigenvalue weighted by Gasteiger charge is -2.31. The number of hydrogen-bond donors (Lipinski definition) is 3. The number of nitrogens with two attached hydrogens (primary N) is 2. The van der Waals surface area contributed by atoms with Crippen molar-refractivity contribution in [2.45, 2.75) is 65.5 Å². The number of amidine groups is 2. The second kappa shape index (κ2) is 19.3. The smallest absolute Gasteiger partial charge is 0.125 e. The van der Waals surface area contributed by atoms with Gasteiger partial charge < -0.3 is 11.5 Å². The molecule has 9 nitrogen and oxygen atoms in total. The van der Waals surface area contributed by atoms with Gasteiger partial charge in [-0.15, -0.1) is 5.11 Å². The van der Waals surface area contributed by atoms with Gasteiger partial charge in [0.15, 0.2) is 0 Å². The molecule has 2 fully saturated rings. The maximum Gasteiger partial charge on any atom is 0.125 e. The molecule has 4 aromatic carbocycles. The molecular weight excluding hydrogens is 655 g/mol. The number of aliphatic imine (C=N–C) groups is 2. The third-order valence-corrected chi connectivity index (χ3v) is 10.9. The van der Waals surface area contributed by atoms with Crippen LogP contribution in [0.1, 0.15) is 71.9 Å². The largest absolute Gasteiger partial charge is 0.384 e. The second-order valence-electron chi connectivity index (χ2n) is 14.9. The lowest BCUT2D eigenvalue weighted by atomic mass is 9.93. The third-order valence-electron chi connectivity index (χ3n) is 10.9. The number of likely N-dealkylation sites (tertiary alicyclic amines) is 2. The molecule has 0 spiro atoms. The maximum atomic E-state index is 6.41.